The van der Waals surface area contributed by atoms with Gasteiger partial charge in [-0.3, -0.25) is 11.8 Å². The smallest absolute Gasteiger partial charge is 0 e. The maximum absolute atomic E-state index is 6.52. The van der Waals surface area contributed by atoms with Crippen LogP contribution in [-0.4, -0.2) is 0 Å². The van der Waals surface area contributed by atoms with Crippen LogP contribution in [0.3, 0.4) is 0 Å². The Labute approximate surface area is 161 Å². The zero-order chi connectivity index (χ0) is 19.7. The second-order valence-corrected chi connectivity index (χ2v) is 3.18. The van der Waals surface area contributed by atoms with Gasteiger partial charge in [0.2, 0.25) is 0 Å². The molecule has 0 aromatic carbocycles. The van der Waals surface area contributed by atoms with Crippen LogP contribution in [0.15, 0.2) is 0 Å². The van der Waals surface area contributed by atoms with Crippen LogP contribution in [0.5, 0.6) is 0 Å². The molecule has 0 heterocycles. The molecule has 0 saturated carbocycles. The summed E-state index contributed by atoms with van der Waals surface area (Å²) in [6.07, 6.45) is 6.52. The van der Waals surface area contributed by atoms with Gasteiger partial charge in [0.1, 0.15) is 0 Å². The molecule has 0 fully saturated rings. The van der Waals surface area contributed by atoms with Gasteiger partial charge in [-0.1, -0.05) is 0 Å². The Balaban J connectivity index is 4.43. The van der Waals surface area contributed by atoms with Crippen LogP contribution in [0.2, 0.25) is 0 Å². The van der Waals surface area contributed by atoms with Crippen LogP contribution in [0.25, 0.3) is 0 Å². The van der Waals surface area contributed by atoms with E-state index in [0.717, 1.165) is 0 Å². The standard InChI is InChI=1S/C27H2/c1-3-5-7-9-11-13-15-17-19-21-23-25-27-26-24-22-20-18-16-14-12-10-8-6-4-2/h1H2/q-2. The van der Waals surface area contributed by atoms with E-state index in [9.17, 15) is 0 Å². The lowest BCUT2D eigenvalue weighted by molar-refractivity contribution is 2.31. The number of hydrogen-bond acceptors (Lipinski definition) is 0. The largest absolute Gasteiger partial charge is 0.358 e. The van der Waals surface area contributed by atoms with Gasteiger partial charge in [-0.05, 0) is 94.7 Å². The van der Waals surface area contributed by atoms with Crippen molar-refractivity contribution in [3.63, 3.8) is 0 Å². The van der Waals surface area contributed by atoms with E-state index < -0.39 is 0 Å². The molecule has 0 aromatic heterocycles. The Hall–Kier alpha value is -5.85. The fourth-order valence-corrected chi connectivity index (χ4v) is 0.732. The van der Waals surface area contributed by atoms with Crippen molar-refractivity contribution in [3.8, 4) is 148 Å². The zero-order valence-electron chi connectivity index (χ0n) is 13.7. The van der Waals surface area contributed by atoms with E-state index in [4.69, 9.17) is 6.42 Å². The molecule has 0 amide bonds. The van der Waals surface area contributed by atoms with E-state index in [0.29, 0.717) is 0 Å². The van der Waals surface area contributed by atoms with Gasteiger partial charge in [-0.25, -0.2) is 11.8 Å². The topological polar surface area (TPSA) is 0 Å². The molecule has 0 spiro atoms. The third-order valence-corrected chi connectivity index (χ3v) is 1.53. The molecule has 0 nitrogen and oxygen atoms in total. The summed E-state index contributed by atoms with van der Waals surface area (Å²) in [5.74, 6) is 60.7. The Morgan fingerprint density at radius 3 is 0.667 bits per heavy atom. The highest BCUT2D eigenvalue weighted by Gasteiger charge is 1.58. The van der Waals surface area contributed by atoms with Crippen molar-refractivity contribution in [2.75, 3.05) is 0 Å². The summed E-state index contributed by atoms with van der Waals surface area (Å²) < 4.78 is 0. The fourth-order valence-electron chi connectivity index (χ4n) is 0.732. The predicted molar refractivity (Wildman–Crippen MR) is 106 cm³/mol. The first-order chi connectivity index (χ1) is 13.4. The summed E-state index contributed by atoms with van der Waals surface area (Å²) in [6.45, 7) is 3.30. The quantitative estimate of drug-likeness (QED) is 0.448. The van der Waals surface area contributed by atoms with E-state index in [1.165, 1.54) is 0 Å². The van der Waals surface area contributed by atoms with Crippen LogP contribution < -0.4 is 0 Å². The highest BCUT2D eigenvalue weighted by Crippen LogP contribution is 1.59. The highest BCUT2D eigenvalue weighted by atomic mass is 13.6. The molecule has 0 aliphatic rings. The number of rotatable bonds is 0. The van der Waals surface area contributed by atoms with Crippen molar-refractivity contribution < 1.29 is 0 Å². The van der Waals surface area contributed by atoms with Crippen molar-refractivity contribution in [1.82, 2.24) is 0 Å². The van der Waals surface area contributed by atoms with Crippen molar-refractivity contribution >= 4 is 0 Å². The van der Waals surface area contributed by atoms with Gasteiger partial charge in [0, 0.05) is 17.8 Å². The van der Waals surface area contributed by atoms with Gasteiger partial charge >= 0.3 is 0 Å². The van der Waals surface area contributed by atoms with Crippen LogP contribution in [-0.2, 0) is 0 Å². The molecule has 0 saturated heterocycles. The summed E-state index contributed by atoms with van der Waals surface area (Å²) in [4.78, 5) is 0. The summed E-state index contributed by atoms with van der Waals surface area (Å²) in [7, 11) is 0. The highest BCUT2D eigenvalue weighted by molar-refractivity contribution is 5.48. The molecule has 0 atom stereocenters. The van der Waals surface area contributed by atoms with Crippen molar-refractivity contribution in [3.05, 3.63) is 13.3 Å². The maximum atomic E-state index is 6.52. The summed E-state index contributed by atoms with van der Waals surface area (Å²) in [5, 5.41) is 0. The normalized spacial score (nSPS) is 3.81. The first-order valence-corrected chi connectivity index (χ1v) is 6.60. The Bertz CT molecular complexity index is 1380. The third kappa shape index (κ3) is 20.1. The van der Waals surface area contributed by atoms with Crippen LogP contribution >= 0.6 is 0 Å². The molecule has 0 heteroatoms. The lowest BCUT2D eigenvalue weighted by Gasteiger charge is -1.64. The first kappa shape index (κ1) is 21.1. The molecular weight excluding hydrogens is 324 g/mol. The van der Waals surface area contributed by atoms with E-state index in [-0.39, 0.29) is 0 Å². The monoisotopic (exact) mass is 326 g/mol. The number of hydrogen-bond donors (Lipinski definition) is 0. The molecule has 0 aromatic rings. The van der Waals surface area contributed by atoms with Crippen LogP contribution in [0.1, 0.15) is 0 Å². The minimum absolute atomic E-state index is 1.87. The van der Waals surface area contributed by atoms with Crippen molar-refractivity contribution in [2.24, 2.45) is 0 Å². The molecule has 0 aliphatic heterocycles. The van der Waals surface area contributed by atoms with Gasteiger partial charge in [0.15, 0.2) is 0 Å². The molecule has 112 valence electrons. The minimum atomic E-state index is 1.87. The maximum Gasteiger partial charge on any atom is 0 e. The molecule has 0 bridgehead atoms. The van der Waals surface area contributed by atoms with Crippen LogP contribution in [0.4, 0.5) is 0 Å². The molecule has 0 rings (SSSR count). The van der Waals surface area contributed by atoms with Gasteiger partial charge in [0.05, 0.1) is 0 Å². The van der Waals surface area contributed by atoms with Gasteiger partial charge in [0.25, 0.3) is 0 Å². The average Bonchev–Trinajstić information content (AvgIpc) is 2.68. The van der Waals surface area contributed by atoms with E-state index in [2.05, 4.69) is 149 Å². The van der Waals surface area contributed by atoms with Crippen LogP contribution in [0, 0.1) is 161 Å². The minimum Gasteiger partial charge on any atom is -0.358 e. The zero-order valence-corrected chi connectivity index (χ0v) is 13.7. The van der Waals surface area contributed by atoms with Gasteiger partial charge in [-0.15, -0.1) is 11.8 Å². The second kappa shape index (κ2) is 20.1. The predicted octanol–water partition coefficient (Wildman–Crippen LogP) is 0.451. The molecule has 0 radical (unpaired) electrons. The molecule has 0 unspecified atom stereocenters. The molecule has 0 N–H and O–H groups in total. The van der Waals surface area contributed by atoms with E-state index in [1.54, 1.807) is 0 Å². The third-order valence-electron chi connectivity index (χ3n) is 1.53. The first-order valence-electron chi connectivity index (χ1n) is 6.60. The average molecular weight is 326 g/mol. The van der Waals surface area contributed by atoms with Crippen molar-refractivity contribution in [2.45, 2.75) is 0 Å². The SMILES string of the molecule is [C-]#CC#CC#CC#CC#CC#CC#CC#CC#CC#CC#CC#CC#C[CH2-]. The molecule has 0 aliphatic carbocycles. The Morgan fingerprint density at radius 2 is 0.481 bits per heavy atom. The molecular formula is C27H2-2. The lowest BCUT2D eigenvalue weighted by Crippen LogP contribution is -1.57. The van der Waals surface area contributed by atoms with E-state index in [1.807, 2.05) is 5.92 Å². The second-order valence-electron chi connectivity index (χ2n) is 3.18. The Morgan fingerprint density at radius 1 is 0.296 bits per heavy atom. The summed E-state index contributed by atoms with van der Waals surface area (Å²) >= 11 is 0. The summed E-state index contributed by atoms with van der Waals surface area (Å²) in [5.41, 5.74) is 0. The molecule has 27 heavy (non-hydrogen) atoms. The Kier molecular flexibility index (Phi) is 15.8. The lowest BCUT2D eigenvalue weighted by atomic mass is 10.4. The van der Waals surface area contributed by atoms with Gasteiger partial charge in [-0.2, -0.15) is 6.92 Å². The summed E-state index contributed by atoms with van der Waals surface area (Å²) in [6, 6.07) is 0. The van der Waals surface area contributed by atoms with E-state index >= 15 is 0 Å². The van der Waals surface area contributed by atoms with Gasteiger partial charge < -0.3 is 6.42 Å². The fraction of sp³-hybridized carbons (Fsp3) is 0. The van der Waals surface area contributed by atoms with Crippen molar-refractivity contribution in [1.29, 1.82) is 0 Å².